The number of unbranched alkanes of at least 4 members (excludes halogenated alkanes) is 3. The van der Waals surface area contributed by atoms with Gasteiger partial charge in [-0.2, -0.15) is 12.8 Å². The van der Waals surface area contributed by atoms with Gasteiger partial charge in [0.15, 0.2) is 0 Å². The van der Waals surface area contributed by atoms with E-state index < -0.39 is 5.69 Å². The molecular formula is C12H29O2PS2Zn. The fraction of sp³-hybridized carbons (Fsp3) is 0.833. The van der Waals surface area contributed by atoms with Gasteiger partial charge in [-0.15, -0.1) is 0 Å². The van der Waals surface area contributed by atoms with Gasteiger partial charge in [0.2, 0.25) is 5.69 Å². The van der Waals surface area contributed by atoms with Crippen molar-refractivity contribution in [2.24, 2.45) is 5.92 Å². The predicted octanol–water partition coefficient (Wildman–Crippen LogP) is 4.78. The zero-order chi connectivity index (χ0) is 14.3. The third-order valence-corrected chi connectivity index (χ3v) is 1.64. The summed E-state index contributed by atoms with van der Waals surface area (Å²) < 4.78 is 0. The van der Waals surface area contributed by atoms with E-state index in [4.69, 9.17) is 9.79 Å². The van der Waals surface area contributed by atoms with Crippen molar-refractivity contribution in [1.29, 1.82) is 0 Å². The predicted molar refractivity (Wildman–Crippen MR) is 86.6 cm³/mol. The molecule has 0 aromatic carbocycles. The van der Waals surface area contributed by atoms with Gasteiger partial charge in [0, 0.05) is 0 Å². The zero-order valence-corrected chi connectivity index (χ0v) is 17.7. The van der Waals surface area contributed by atoms with Gasteiger partial charge in [0.1, 0.15) is 0 Å². The minimum atomic E-state index is -3.11. The summed E-state index contributed by atoms with van der Waals surface area (Å²) in [5.41, 5.74) is -3.11. The smallest absolute Gasteiger partial charge is 0.343 e. The second kappa shape index (κ2) is 20.9. The normalized spacial score (nSPS) is 9.61. The second-order valence-corrected chi connectivity index (χ2v) is 9.15. The van der Waals surface area contributed by atoms with Gasteiger partial charge in [-0.1, -0.05) is 58.7 Å². The summed E-state index contributed by atoms with van der Waals surface area (Å²) in [4.78, 5) is 15.7. The first kappa shape index (κ1) is 27.8. The molecule has 2 N–H and O–H groups in total. The van der Waals surface area contributed by atoms with E-state index in [1.807, 2.05) is 0 Å². The standard InChI is InChI=1S/C8H17.C4H9.H3O2PS2.Zn/c1-4-5-6-7-8(2)3;1-3-4-2;1-3(2,4)5;/h8H,1,4-7H2,2-3H3;1,3-4H2,2H3;(H3,1,2,4,5);/q2*-1;;+2. The molecule has 0 unspecified atom stereocenters. The summed E-state index contributed by atoms with van der Waals surface area (Å²) in [5.74, 6) is 0.876. The molecule has 0 amide bonds. The van der Waals surface area contributed by atoms with Gasteiger partial charge in [0.05, 0.1) is 0 Å². The maximum Gasteiger partial charge on any atom is 2.00 e. The van der Waals surface area contributed by atoms with Crippen molar-refractivity contribution >= 4 is 29.7 Å². The molecule has 0 aromatic heterocycles. The summed E-state index contributed by atoms with van der Waals surface area (Å²) in [7, 11) is 0. The Morgan fingerprint density at radius 1 is 1.17 bits per heavy atom. The average molecular weight is 366 g/mol. The summed E-state index contributed by atoms with van der Waals surface area (Å²) >= 11 is 7.07. The van der Waals surface area contributed by atoms with E-state index in [1.54, 1.807) is 0 Å². The Labute approximate surface area is 137 Å². The van der Waals surface area contributed by atoms with E-state index in [-0.39, 0.29) is 19.5 Å². The summed E-state index contributed by atoms with van der Waals surface area (Å²) in [5, 5.41) is 0. The van der Waals surface area contributed by atoms with Crippen LogP contribution in [0.25, 0.3) is 0 Å². The van der Waals surface area contributed by atoms with Crippen molar-refractivity contribution in [3.8, 4) is 0 Å². The van der Waals surface area contributed by atoms with Crippen molar-refractivity contribution in [3.63, 3.8) is 0 Å². The van der Waals surface area contributed by atoms with Crippen LogP contribution in [-0.4, -0.2) is 9.79 Å². The third kappa shape index (κ3) is 84.4. The molecule has 0 saturated heterocycles. The molecule has 0 heterocycles. The van der Waals surface area contributed by atoms with E-state index in [0.29, 0.717) is 0 Å². The van der Waals surface area contributed by atoms with Crippen LogP contribution in [-0.2, 0) is 31.3 Å². The van der Waals surface area contributed by atoms with Crippen LogP contribution in [0.5, 0.6) is 0 Å². The number of hydrogen-bond donors (Lipinski definition) is 3. The van der Waals surface area contributed by atoms with Gasteiger partial charge in [-0.3, -0.25) is 0 Å². The molecule has 0 aromatic rings. The third-order valence-electron chi connectivity index (χ3n) is 1.64. The molecule has 0 rings (SSSR count). The second-order valence-electron chi connectivity index (χ2n) is 4.11. The van der Waals surface area contributed by atoms with Gasteiger partial charge in [-0.25, -0.2) is 0 Å². The van der Waals surface area contributed by atoms with Crippen LogP contribution in [0.3, 0.4) is 0 Å². The first-order chi connectivity index (χ1) is 7.68. The van der Waals surface area contributed by atoms with E-state index in [2.05, 4.69) is 58.7 Å². The van der Waals surface area contributed by atoms with Crippen LogP contribution in [0, 0.1) is 19.8 Å². The van der Waals surface area contributed by atoms with Crippen LogP contribution in [0.4, 0.5) is 0 Å². The Balaban J connectivity index is -0.0000000855. The minimum Gasteiger partial charge on any atom is -0.343 e. The molecule has 0 aliphatic carbocycles. The monoisotopic (exact) mass is 364 g/mol. The molecule has 0 saturated carbocycles. The molecule has 0 fully saturated rings. The molecule has 0 bridgehead atoms. The van der Waals surface area contributed by atoms with E-state index >= 15 is 0 Å². The fourth-order valence-electron chi connectivity index (χ4n) is 0.729. The van der Waals surface area contributed by atoms with Gasteiger partial charge in [-0.05, 0) is 17.7 Å². The Morgan fingerprint density at radius 2 is 1.50 bits per heavy atom. The van der Waals surface area contributed by atoms with E-state index in [9.17, 15) is 0 Å². The van der Waals surface area contributed by atoms with Crippen LogP contribution in [0.2, 0.25) is 0 Å². The molecule has 108 valence electrons. The number of hydrogen-bond acceptors (Lipinski definition) is 1. The molecule has 0 atom stereocenters. The Kier molecular flexibility index (Phi) is 32.2. The maximum absolute atomic E-state index is 7.87. The summed E-state index contributed by atoms with van der Waals surface area (Å²) in [6.45, 7) is 14.0. The fourth-order valence-corrected chi connectivity index (χ4v) is 0.729. The minimum absolute atomic E-state index is 0. The van der Waals surface area contributed by atoms with Crippen LogP contribution >= 0.6 is 17.9 Å². The molecule has 0 aliphatic heterocycles. The number of thiol groups is 1. The average Bonchev–Trinajstić information content (AvgIpc) is 2.16. The molecule has 0 spiro atoms. The van der Waals surface area contributed by atoms with Crippen LogP contribution in [0.1, 0.15) is 59.3 Å². The Hall–Kier alpha value is 1.54. The first-order valence-electron chi connectivity index (χ1n) is 6.05. The van der Waals surface area contributed by atoms with E-state index in [0.717, 1.165) is 18.8 Å². The van der Waals surface area contributed by atoms with Gasteiger partial charge in [0.25, 0.3) is 0 Å². The molecule has 6 heteroatoms. The summed E-state index contributed by atoms with van der Waals surface area (Å²) in [6.07, 6.45) is 7.42. The number of rotatable bonds is 5. The topological polar surface area (TPSA) is 40.5 Å². The largest absolute Gasteiger partial charge is 2.00 e. The summed E-state index contributed by atoms with van der Waals surface area (Å²) in [6, 6.07) is 0. The van der Waals surface area contributed by atoms with E-state index in [1.165, 1.54) is 25.7 Å². The van der Waals surface area contributed by atoms with Gasteiger partial charge < -0.3 is 23.6 Å². The molecular weight excluding hydrogens is 337 g/mol. The Bertz CT molecular complexity index is 165. The van der Waals surface area contributed by atoms with Gasteiger partial charge >= 0.3 is 19.5 Å². The molecule has 0 aliphatic rings. The quantitative estimate of drug-likeness (QED) is 0.216. The van der Waals surface area contributed by atoms with Crippen molar-refractivity contribution in [1.82, 2.24) is 0 Å². The van der Waals surface area contributed by atoms with Crippen molar-refractivity contribution in [2.45, 2.75) is 59.3 Å². The van der Waals surface area contributed by atoms with Crippen molar-refractivity contribution in [2.75, 3.05) is 0 Å². The SMILES string of the molecule is OP(O)(=S)S.[CH2-]CCC.[CH2-]CCCCC(C)C.[Zn+2]. The Morgan fingerprint density at radius 3 is 1.67 bits per heavy atom. The van der Waals surface area contributed by atoms with Crippen molar-refractivity contribution in [3.05, 3.63) is 13.8 Å². The maximum atomic E-state index is 7.87. The molecule has 18 heavy (non-hydrogen) atoms. The first-order valence-corrected chi connectivity index (χ1v) is 9.91. The van der Waals surface area contributed by atoms with Crippen LogP contribution < -0.4 is 0 Å². The molecule has 2 nitrogen and oxygen atoms in total. The van der Waals surface area contributed by atoms with Crippen LogP contribution in [0.15, 0.2) is 0 Å². The zero-order valence-electron chi connectivity index (χ0n) is 12.1. The molecule has 0 radical (unpaired) electrons. The van der Waals surface area contributed by atoms with Crippen molar-refractivity contribution < 1.29 is 29.3 Å².